The number of carbonyl (C=O) groups is 2. The summed E-state index contributed by atoms with van der Waals surface area (Å²) >= 11 is 3.58. The van der Waals surface area contributed by atoms with Crippen LogP contribution in [0.3, 0.4) is 0 Å². The van der Waals surface area contributed by atoms with Crippen LogP contribution in [0.5, 0.6) is 0 Å². The lowest BCUT2D eigenvalue weighted by Gasteiger charge is -2.17. The number of esters is 1. The summed E-state index contributed by atoms with van der Waals surface area (Å²) in [5.74, 6) is 0.455. The smallest absolute Gasteiger partial charge is 0.338 e. The van der Waals surface area contributed by atoms with Crippen LogP contribution in [0.2, 0.25) is 0 Å². The number of aromatic nitrogens is 1. The van der Waals surface area contributed by atoms with E-state index in [9.17, 15) is 9.59 Å². The first-order valence-electron chi connectivity index (χ1n) is 10.9. The summed E-state index contributed by atoms with van der Waals surface area (Å²) in [5, 5.41) is 6.44. The van der Waals surface area contributed by atoms with E-state index in [0.717, 1.165) is 45.3 Å². The normalized spacial score (nSPS) is 12.8. The average molecular weight is 508 g/mol. The van der Waals surface area contributed by atoms with E-state index < -0.39 is 0 Å². The number of amides is 1. The number of hydrogen-bond donors (Lipinski definition) is 2. The first-order valence-corrected chi connectivity index (χ1v) is 11.7. The van der Waals surface area contributed by atoms with E-state index in [1.165, 1.54) is 7.11 Å². The van der Waals surface area contributed by atoms with E-state index in [4.69, 9.17) is 4.74 Å². The van der Waals surface area contributed by atoms with Crippen LogP contribution >= 0.6 is 15.9 Å². The Kier molecular flexibility index (Phi) is 6.79. The third-order valence-electron chi connectivity index (χ3n) is 5.79. The molecule has 1 aromatic heterocycles. The van der Waals surface area contributed by atoms with Gasteiger partial charge in [-0.15, -0.1) is 0 Å². The topological polar surface area (TPSA) is 80.3 Å². The quantitative estimate of drug-likeness (QED) is 0.390. The number of nitrogens with zero attached hydrogens (tertiary/aromatic N) is 1. The highest BCUT2D eigenvalue weighted by atomic mass is 79.9. The number of pyridine rings is 1. The Morgan fingerprint density at radius 2 is 1.79 bits per heavy atom. The zero-order valence-electron chi connectivity index (χ0n) is 18.9. The van der Waals surface area contributed by atoms with E-state index in [-0.39, 0.29) is 17.8 Å². The maximum Gasteiger partial charge on any atom is 0.338 e. The van der Waals surface area contributed by atoms with Crippen LogP contribution in [0.4, 0.5) is 11.5 Å². The molecule has 170 valence electrons. The summed E-state index contributed by atoms with van der Waals surface area (Å²) in [6.45, 7) is 4.45. The Balaban J connectivity index is 1.53. The number of halogens is 1. The average Bonchev–Trinajstić information content (AvgIpc) is 3.69. The summed E-state index contributed by atoms with van der Waals surface area (Å²) in [4.78, 5) is 29.2. The summed E-state index contributed by atoms with van der Waals surface area (Å²) in [7, 11) is 1.38. The number of nitrogens with one attached hydrogen (secondary N) is 2. The van der Waals surface area contributed by atoms with Crippen LogP contribution in [0, 0.1) is 19.8 Å². The standard InChI is InChI=1S/C26H26BrN3O3/c1-15-22(27)16(2)29-24(23(15)30-25(31)19-12-13-19)28-14-17-8-10-18(11-9-17)20-6-4-5-7-21(20)26(32)33-3/h4-11,19H,12-14H2,1-3H3,(H,28,29)(H,30,31). The van der Waals surface area contributed by atoms with Crippen LogP contribution in [-0.4, -0.2) is 24.0 Å². The number of anilines is 2. The second-order valence-electron chi connectivity index (χ2n) is 8.21. The number of benzene rings is 2. The third kappa shape index (κ3) is 5.09. The first-order chi connectivity index (χ1) is 15.9. The first kappa shape index (κ1) is 23.0. The second-order valence-corrected chi connectivity index (χ2v) is 9.00. The molecule has 1 aliphatic rings. The van der Waals surface area contributed by atoms with Crippen molar-refractivity contribution in [3.05, 3.63) is 75.4 Å². The van der Waals surface area contributed by atoms with Crippen molar-refractivity contribution in [2.75, 3.05) is 17.7 Å². The molecule has 0 saturated heterocycles. The van der Waals surface area contributed by atoms with Crippen LogP contribution < -0.4 is 10.6 Å². The Bertz CT molecular complexity index is 1200. The monoisotopic (exact) mass is 507 g/mol. The largest absolute Gasteiger partial charge is 0.465 e. The van der Waals surface area contributed by atoms with Gasteiger partial charge >= 0.3 is 5.97 Å². The molecule has 0 unspecified atom stereocenters. The highest BCUT2D eigenvalue weighted by Crippen LogP contribution is 2.36. The maximum atomic E-state index is 12.4. The van der Waals surface area contributed by atoms with Crippen molar-refractivity contribution < 1.29 is 14.3 Å². The zero-order chi connectivity index (χ0) is 23.5. The summed E-state index contributed by atoms with van der Waals surface area (Å²) in [6.07, 6.45) is 1.89. The minimum atomic E-state index is -0.357. The van der Waals surface area contributed by atoms with Gasteiger partial charge in [-0.25, -0.2) is 9.78 Å². The summed E-state index contributed by atoms with van der Waals surface area (Å²) < 4.78 is 5.80. The van der Waals surface area contributed by atoms with Gasteiger partial charge in [0.2, 0.25) is 5.91 Å². The number of hydrogen-bond acceptors (Lipinski definition) is 5. The minimum absolute atomic E-state index is 0.0485. The molecule has 0 aliphatic heterocycles. The molecule has 33 heavy (non-hydrogen) atoms. The number of ether oxygens (including phenoxy) is 1. The molecular formula is C26H26BrN3O3. The molecule has 1 aliphatic carbocycles. The van der Waals surface area contributed by atoms with Gasteiger partial charge in [0.1, 0.15) is 0 Å². The number of methoxy groups -OCH3 is 1. The molecule has 2 aromatic carbocycles. The van der Waals surface area contributed by atoms with Gasteiger partial charge in [0, 0.05) is 16.9 Å². The molecule has 1 heterocycles. The molecule has 0 bridgehead atoms. The van der Waals surface area contributed by atoms with Gasteiger partial charge in [0.25, 0.3) is 0 Å². The van der Waals surface area contributed by atoms with E-state index in [0.29, 0.717) is 23.6 Å². The van der Waals surface area contributed by atoms with Gasteiger partial charge in [-0.3, -0.25) is 4.79 Å². The van der Waals surface area contributed by atoms with Crippen molar-refractivity contribution in [2.45, 2.75) is 33.2 Å². The number of carbonyl (C=O) groups excluding carboxylic acids is 2. The van der Waals surface area contributed by atoms with E-state index >= 15 is 0 Å². The lowest BCUT2D eigenvalue weighted by Crippen LogP contribution is -2.17. The zero-order valence-corrected chi connectivity index (χ0v) is 20.5. The van der Waals surface area contributed by atoms with Crippen LogP contribution in [-0.2, 0) is 16.1 Å². The molecule has 0 atom stereocenters. The fraction of sp³-hybridized carbons (Fsp3) is 0.269. The number of aryl methyl sites for hydroxylation is 1. The van der Waals surface area contributed by atoms with Gasteiger partial charge in [-0.05, 0) is 70.9 Å². The Labute approximate surface area is 201 Å². The fourth-order valence-corrected chi connectivity index (χ4v) is 3.98. The molecule has 6 nitrogen and oxygen atoms in total. The van der Waals surface area contributed by atoms with Crippen molar-refractivity contribution in [1.82, 2.24) is 4.98 Å². The van der Waals surface area contributed by atoms with Crippen molar-refractivity contribution in [2.24, 2.45) is 5.92 Å². The van der Waals surface area contributed by atoms with Gasteiger partial charge in [-0.2, -0.15) is 0 Å². The lowest BCUT2D eigenvalue weighted by atomic mass is 9.98. The molecule has 0 radical (unpaired) electrons. The predicted molar refractivity (Wildman–Crippen MR) is 133 cm³/mol. The van der Waals surface area contributed by atoms with Crippen LogP contribution in [0.15, 0.2) is 53.0 Å². The molecule has 7 heteroatoms. The van der Waals surface area contributed by atoms with Crippen LogP contribution in [0.1, 0.15) is 40.0 Å². The number of rotatable bonds is 7. The lowest BCUT2D eigenvalue weighted by molar-refractivity contribution is -0.117. The SMILES string of the molecule is COC(=O)c1ccccc1-c1ccc(CNc2nc(C)c(Br)c(C)c2NC(=O)C2CC2)cc1. The molecular weight excluding hydrogens is 482 g/mol. The predicted octanol–water partition coefficient (Wildman–Crippen LogP) is 5.88. The van der Waals surface area contributed by atoms with Crippen molar-refractivity contribution >= 4 is 39.3 Å². The Morgan fingerprint density at radius 3 is 2.45 bits per heavy atom. The van der Waals surface area contributed by atoms with E-state index in [1.807, 2.05) is 56.3 Å². The molecule has 1 saturated carbocycles. The molecule has 3 aromatic rings. The minimum Gasteiger partial charge on any atom is -0.465 e. The van der Waals surface area contributed by atoms with Crippen LogP contribution in [0.25, 0.3) is 11.1 Å². The summed E-state index contributed by atoms with van der Waals surface area (Å²) in [5.41, 5.74) is 5.87. The summed E-state index contributed by atoms with van der Waals surface area (Å²) in [6, 6.07) is 15.4. The molecule has 0 spiro atoms. The molecule has 1 amide bonds. The maximum absolute atomic E-state index is 12.4. The van der Waals surface area contributed by atoms with Gasteiger partial charge in [0.05, 0.1) is 24.1 Å². The van der Waals surface area contributed by atoms with E-state index in [2.05, 4.69) is 31.5 Å². The van der Waals surface area contributed by atoms with Gasteiger partial charge in [-0.1, -0.05) is 42.5 Å². The molecule has 4 rings (SSSR count). The second kappa shape index (κ2) is 9.75. The van der Waals surface area contributed by atoms with Crippen molar-refractivity contribution in [1.29, 1.82) is 0 Å². The van der Waals surface area contributed by atoms with E-state index in [1.54, 1.807) is 6.07 Å². The van der Waals surface area contributed by atoms with Crippen molar-refractivity contribution in [3.8, 4) is 11.1 Å². The third-order valence-corrected chi connectivity index (χ3v) is 6.96. The Hall–Kier alpha value is -3.19. The van der Waals surface area contributed by atoms with Gasteiger partial charge in [0.15, 0.2) is 5.82 Å². The molecule has 1 fully saturated rings. The van der Waals surface area contributed by atoms with Crippen molar-refractivity contribution in [3.63, 3.8) is 0 Å². The highest BCUT2D eigenvalue weighted by molar-refractivity contribution is 9.10. The Morgan fingerprint density at radius 1 is 1.09 bits per heavy atom. The highest BCUT2D eigenvalue weighted by Gasteiger charge is 2.30. The fourth-order valence-electron chi connectivity index (χ4n) is 3.69. The molecule has 2 N–H and O–H groups in total. The van der Waals surface area contributed by atoms with Gasteiger partial charge < -0.3 is 15.4 Å².